The zero-order chi connectivity index (χ0) is 17.8. The number of hydrogen-bond donors (Lipinski definition) is 3. The van der Waals surface area contributed by atoms with Crippen LogP contribution in [0.2, 0.25) is 0 Å². The van der Waals surface area contributed by atoms with Gasteiger partial charge >= 0.3 is 5.97 Å². The molecule has 4 N–H and O–H groups in total. The van der Waals surface area contributed by atoms with Crippen LogP contribution >= 0.6 is 0 Å². The lowest BCUT2D eigenvalue weighted by molar-refractivity contribution is -0.137. The molecule has 0 atom stereocenters. The van der Waals surface area contributed by atoms with Gasteiger partial charge in [0.25, 0.3) is 5.91 Å². The molecule has 0 fully saturated rings. The fourth-order valence-corrected chi connectivity index (χ4v) is 1.78. The summed E-state index contributed by atoms with van der Waals surface area (Å²) in [5.41, 5.74) is 8.14. The maximum Gasteiger partial charge on any atom is 0.303 e. The molecule has 0 radical (unpaired) electrons. The van der Waals surface area contributed by atoms with E-state index in [1.165, 1.54) is 6.21 Å². The summed E-state index contributed by atoms with van der Waals surface area (Å²) in [4.78, 5) is 32.5. The number of hydrazone groups is 1. The number of carboxylic acid groups (broad SMARTS) is 1. The molecule has 0 aliphatic rings. The summed E-state index contributed by atoms with van der Waals surface area (Å²) in [5.74, 6) is -1.08. The molecule has 0 saturated carbocycles. The van der Waals surface area contributed by atoms with Crippen LogP contribution in [-0.2, 0) is 14.4 Å². The van der Waals surface area contributed by atoms with Crippen molar-refractivity contribution in [2.45, 2.75) is 32.1 Å². The Kier molecular flexibility index (Phi) is 8.59. The summed E-state index contributed by atoms with van der Waals surface area (Å²) in [6.07, 6.45) is 3.79. The molecule has 1 aromatic carbocycles. The molecular formula is C16H21N3O5. The lowest BCUT2D eigenvalue weighted by Crippen LogP contribution is -2.20. The lowest BCUT2D eigenvalue weighted by atomic mass is 10.1. The van der Waals surface area contributed by atoms with E-state index in [4.69, 9.17) is 15.6 Å². The number of hydrogen-bond acceptors (Lipinski definition) is 5. The molecule has 2 amide bonds. The fraction of sp³-hybridized carbons (Fsp3) is 0.375. The van der Waals surface area contributed by atoms with E-state index in [9.17, 15) is 14.4 Å². The summed E-state index contributed by atoms with van der Waals surface area (Å²) >= 11 is 0. The normalized spacial score (nSPS) is 10.5. The Hall–Kier alpha value is -2.90. The van der Waals surface area contributed by atoms with Crippen molar-refractivity contribution in [3.05, 3.63) is 29.8 Å². The van der Waals surface area contributed by atoms with E-state index in [0.29, 0.717) is 31.4 Å². The van der Waals surface area contributed by atoms with Crippen LogP contribution in [-0.4, -0.2) is 35.7 Å². The van der Waals surface area contributed by atoms with Crippen LogP contribution in [0.5, 0.6) is 5.75 Å². The molecular weight excluding hydrogens is 314 g/mol. The number of carbonyl (C=O) groups is 3. The van der Waals surface area contributed by atoms with Crippen molar-refractivity contribution in [3.63, 3.8) is 0 Å². The van der Waals surface area contributed by atoms with Gasteiger partial charge in [-0.15, -0.1) is 0 Å². The van der Waals surface area contributed by atoms with Crippen molar-refractivity contribution < 1.29 is 24.2 Å². The SMILES string of the molecule is NC(=O)COc1ccc(/C=N/NC(=O)CCCCCC(=O)O)cc1. The van der Waals surface area contributed by atoms with Crippen LogP contribution in [0.1, 0.15) is 37.7 Å². The molecule has 0 saturated heterocycles. The lowest BCUT2D eigenvalue weighted by Gasteiger charge is -2.03. The third-order valence-electron chi connectivity index (χ3n) is 2.96. The first-order chi connectivity index (χ1) is 11.5. The Bertz CT molecular complexity index is 584. The molecule has 0 aliphatic heterocycles. The summed E-state index contributed by atoms with van der Waals surface area (Å²) in [6.45, 7) is -0.185. The molecule has 8 heteroatoms. The number of nitrogens with two attached hydrogens (primary N) is 1. The van der Waals surface area contributed by atoms with Crippen LogP contribution in [0.3, 0.4) is 0 Å². The third-order valence-corrected chi connectivity index (χ3v) is 2.96. The van der Waals surface area contributed by atoms with E-state index in [2.05, 4.69) is 10.5 Å². The number of primary amides is 1. The minimum atomic E-state index is -0.824. The molecule has 1 aromatic rings. The maximum absolute atomic E-state index is 11.5. The van der Waals surface area contributed by atoms with Gasteiger partial charge in [-0.1, -0.05) is 6.42 Å². The molecule has 0 bridgehead atoms. The average Bonchev–Trinajstić information content (AvgIpc) is 2.53. The highest BCUT2D eigenvalue weighted by molar-refractivity contribution is 5.82. The number of ether oxygens (including phenoxy) is 1. The van der Waals surface area contributed by atoms with Crippen LogP contribution in [0.15, 0.2) is 29.4 Å². The van der Waals surface area contributed by atoms with Crippen LogP contribution < -0.4 is 15.9 Å². The van der Waals surface area contributed by atoms with E-state index in [-0.39, 0.29) is 18.9 Å². The van der Waals surface area contributed by atoms with Crippen LogP contribution in [0.25, 0.3) is 0 Å². The van der Waals surface area contributed by atoms with E-state index >= 15 is 0 Å². The second kappa shape index (κ2) is 10.8. The fourth-order valence-electron chi connectivity index (χ4n) is 1.78. The number of amides is 2. The van der Waals surface area contributed by atoms with E-state index in [1.807, 2.05) is 0 Å². The van der Waals surface area contributed by atoms with Gasteiger partial charge in [0.05, 0.1) is 6.21 Å². The van der Waals surface area contributed by atoms with Gasteiger partial charge in [0.2, 0.25) is 5.91 Å². The van der Waals surface area contributed by atoms with Crippen molar-refractivity contribution in [3.8, 4) is 5.75 Å². The van der Waals surface area contributed by atoms with E-state index < -0.39 is 11.9 Å². The first-order valence-electron chi connectivity index (χ1n) is 7.52. The number of rotatable bonds is 11. The Labute approximate surface area is 139 Å². The summed E-state index contributed by atoms with van der Waals surface area (Å²) in [5, 5.41) is 12.3. The Balaban J connectivity index is 2.24. The van der Waals surface area contributed by atoms with Gasteiger partial charge in [-0.2, -0.15) is 5.10 Å². The third kappa shape index (κ3) is 9.19. The predicted molar refractivity (Wildman–Crippen MR) is 87.6 cm³/mol. The Morgan fingerprint density at radius 3 is 2.42 bits per heavy atom. The van der Waals surface area contributed by atoms with Crippen molar-refractivity contribution in [1.29, 1.82) is 0 Å². The average molecular weight is 335 g/mol. The Morgan fingerprint density at radius 2 is 1.79 bits per heavy atom. The standard InChI is InChI=1S/C16H21N3O5/c17-14(20)11-24-13-8-6-12(7-9-13)10-18-19-15(21)4-2-1-3-5-16(22)23/h6-10H,1-5,11H2,(H2,17,20)(H,19,21)(H,22,23)/b18-10+. The van der Waals surface area contributed by atoms with Crippen molar-refractivity contribution in [1.82, 2.24) is 5.43 Å². The van der Waals surface area contributed by atoms with Gasteiger partial charge in [0, 0.05) is 12.8 Å². The van der Waals surface area contributed by atoms with Gasteiger partial charge in [-0.25, -0.2) is 5.43 Å². The number of unbranched alkanes of at least 4 members (excludes halogenated alkanes) is 2. The minimum Gasteiger partial charge on any atom is -0.484 e. The first-order valence-corrected chi connectivity index (χ1v) is 7.52. The molecule has 8 nitrogen and oxygen atoms in total. The highest BCUT2D eigenvalue weighted by Crippen LogP contribution is 2.10. The second-order valence-corrected chi connectivity index (χ2v) is 5.07. The number of benzene rings is 1. The van der Waals surface area contributed by atoms with Gasteiger partial charge in [0.1, 0.15) is 5.75 Å². The van der Waals surface area contributed by atoms with Crippen molar-refractivity contribution in [2.75, 3.05) is 6.61 Å². The zero-order valence-electron chi connectivity index (χ0n) is 13.2. The molecule has 0 aromatic heterocycles. The van der Waals surface area contributed by atoms with E-state index in [1.54, 1.807) is 24.3 Å². The predicted octanol–water partition coefficient (Wildman–Crippen LogP) is 1.04. The topological polar surface area (TPSA) is 131 Å². The highest BCUT2D eigenvalue weighted by Gasteiger charge is 2.01. The number of nitrogens with one attached hydrogen (secondary N) is 1. The van der Waals surface area contributed by atoms with Crippen molar-refractivity contribution in [2.24, 2.45) is 10.8 Å². The number of carboxylic acids is 1. The molecule has 0 aliphatic carbocycles. The first kappa shape index (κ1) is 19.1. The largest absolute Gasteiger partial charge is 0.484 e. The minimum absolute atomic E-state index is 0.124. The zero-order valence-corrected chi connectivity index (χ0v) is 13.2. The molecule has 24 heavy (non-hydrogen) atoms. The van der Waals surface area contributed by atoms with Gasteiger partial charge in [-0.3, -0.25) is 14.4 Å². The van der Waals surface area contributed by atoms with Crippen LogP contribution in [0, 0.1) is 0 Å². The van der Waals surface area contributed by atoms with Gasteiger partial charge < -0.3 is 15.6 Å². The summed E-state index contributed by atoms with van der Waals surface area (Å²) < 4.78 is 5.12. The summed E-state index contributed by atoms with van der Waals surface area (Å²) in [6, 6.07) is 6.76. The second-order valence-electron chi connectivity index (χ2n) is 5.07. The number of carbonyl (C=O) groups excluding carboxylic acids is 2. The van der Waals surface area contributed by atoms with E-state index in [0.717, 1.165) is 5.56 Å². The smallest absolute Gasteiger partial charge is 0.303 e. The molecule has 0 spiro atoms. The van der Waals surface area contributed by atoms with Crippen molar-refractivity contribution >= 4 is 24.0 Å². The molecule has 1 rings (SSSR count). The molecule has 0 unspecified atom stereocenters. The quantitative estimate of drug-likeness (QED) is 0.316. The number of aliphatic carboxylic acids is 1. The maximum atomic E-state index is 11.5. The number of nitrogens with zero attached hydrogens (tertiary/aromatic N) is 1. The monoisotopic (exact) mass is 335 g/mol. The highest BCUT2D eigenvalue weighted by atomic mass is 16.5. The van der Waals surface area contributed by atoms with Gasteiger partial charge in [-0.05, 0) is 42.7 Å². The molecule has 130 valence electrons. The summed E-state index contributed by atoms with van der Waals surface area (Å²) in [7, 11) is 0. The van der Waals surface area contributed by atoms with Gasteiger partial charge in [0.15, 0.2) is 6.61 Å². The Morgan fingerprint density at radius 1 is 1.12 bits per heavy atom. The molecule has 0 heterocycles. The van der Waals surface area contributed by atoms with Crippen LogP contribution in [0.4, 0.5) is 0 Å².